The fourth-order valence-corrected chi connectivity index (χ4v) is 10.6. The summed E-state index contributed by atoms with van der Waals surface area (Å²) in [6, 6.07) is 14.5. The highest BCUT2D eigenvalue weighted by molar-refractivity contribution is 5.89. The first kappa shape index (κ1) is 40.1. The summed E-state index contributed by atoms with van der Waals surface area (Å²) >= 11 is 0. The van der Waals surface area contributed by atoms with Crippen LogP contribution in [0.5, 0.6) is 0 Å². The maximum atomic E-state index is 15.5. The lowest BCUT2D eigenvalue weighted by atomic mass is 9.49. The van der Waals surface area contributed by atoms with Crippen LogP contribution in [-0.4, -0.2) is 58.5 Å². The van der Waals surface area contributed by atoms with E-state index in [0.29, 0.717) is 43.7 Å². The fraction of sp³-hybridized carbons (Fsp3) is 0.651. The van der Waals surface area contributed by atoms with E-state index in [4.69, 9.17) is 9.47 Å². The summed E-state index contributed by atoms with van der Waals surface area (Å²) < 4.78 is 85.7. The van der Waals surface area contributed by atoms with Gasteiger partial charge in [-0.15, -0.1) is 0 Å². The Morgan fingerprint density at radius 2 is 1.51 bits per heavy atom. The van der Waals surface area contributed by atoms with Gasteiger partial charge in [-0.1, -0.05) is 83.5 Å². The van der Waals surface area contributed by atoms with Crippen molar-refractivity contribution in [2.45, 2.75) is 140 Å². The maximum Gasteiger partial charge on any atom is 0.456 e. The van der Waals surface area contributed by atoms with Crippen molar-refractivity contribution in [2.75, 3.05) is 18.5 Å². The fourth-order valence-electron chi connectivity index (χ4n) is 10.6. The van der Waals surface area contributed by atoms with Crippen LogP contribution in [-0.2, 0) is 21.4 Å². The highest BCUT2D eigenvalue weighted by atomic mass is 19.4. The van der Waals surface area contributed by atoms with Gasteiger partial charge in [-0.05, 0) is 90.2 Å². The number of allylic oxidation sites excluding steroid dienone is 1. The molecule has 3 saturated carbocycles. The number of hydrogen-bond donors (Lipinski definition) is 4. The van der Waals surface area contributed by atoms with Crippen molar-refractivity contribution in [3.8, 4) is 0 Å². The maximum absolute atomic E-state index is 15.5. The number of halogens is 5. The zero-order valence-electron chi connectivity index (χ0n) is 32.6. The Balaban J connectivity index is 1.18. The van der Waals surface area contributed by atoms with Crippen molar-refractivity contribution >= 4 is 11.7 Å². The first-order chi connectivity index (χ1) is 25.4. The van der Waals surface area contributed by atoms with Crippen molar-refractivity contribution in [3.05, 3.63) is 76.4 Å². The summed E-state index contributed by atoms with van der Waals surface area (Å²) in [7, 11) is 0. The van der Waals surface area contributed by atoms with Crippen molar-refractivity contribution < 1.29 is 46.4 Å². The monoisotopic (exact) mass is 774 g/mol. The average molecular weight is 775 g/mol. The number of aliphatic hydroxyl groups is 2. The van der Waals surface area contributed by atoms with Crippen molar-refractivity contribution in [1.82, 2.24) is 5.32 Å². The largest absolute Gasteiger partial charge is 0.456 e. The standard InChI is InChI=1S/C43H55F5N2O5/c1-36(2,3)28-11-13-29(14-12-28)50-35(51)49-22-26-7-9-27(10-8-26)31-21-38(6)32(17-20-41(38,53)42(44,45)43(46,47)48)30-15-18-39(52)23-40(19-16-33(39)34(30)31)54-24-37(4,5)25-55-40/h7-14,30-32,52-53H,15-25H2,1-6H3,(H2,49,50,51)/t30-,31+,32-,38-,39+,41-/m0/s1. The van der Waals surface area contributed by atoms with Gasteiger partial charge >= 0.3 is 18.1 Å². The quantitative estimate of drug-likeness (QED) is 0.179. The van der Waals surface area contributed by atoms with Crippen molar-refractivity contribution in [3.63, 3.8) is 0 Å². The minimum atomic E-state index is -5.93. The third-order valence-electron chi connectivity index (χ3n) is 13.7. The molecule has 4 aliphatic carbocycles. The second kappa shape index (κ2) is 13.2. The number of carbonyl (C=O) groups excluding carboxylic acids is 1. The van der Waals surface area contributed by atoms with E-state index in [-0.39, 0.29) is 43.1 Å². The molecule has 0 radical (unpaired) electrons. The van der Waals surface area contributed by atoms with Crippen LogP contribution in [0, 0.1) is 22.7 Å². The topological polar surface area (TPSA) is 100 Å². The molecule has 2 amide bonds. The predicted molar refractivity (Wildman–Crippen MR) is 199 cm³/mol. The van der Waals surface area contributed by atoms with Crippen LogP contribution in [0.25, 0.3) is 0 Å². The minimum Gasteiger partial charge on any atom is -0.385 e. The Labute approximate surface area is 320 Å². The first-order valence-electron chi connectivity index (χ1n) is 19.6. The number of ether oxygens (including phenoxy) is 2. The molecule has 12 heteroatoms. The van der Waals surface area contributed by atoms with Crippen LogP contribution in [0.4, 0.5) is 32.4 Å². The number of amides is 2. The summed E-state index contributed by atoms with van der Waals surface area (Å²) in [5.41, 5.74) is -1.66. The lowest BCUT2D eigenvalue weighted by Crippen LogP contribution is -2.65. The van der Waals surface area contributed by atoms with Gasteiger partial charge in [0.1, 0.15) is 5.60 Å². The zero-order chi connectivity index (χ0) is 40.0. The van der Waals surface area contributed by atoms with E-state index in [0.717, 1.165) is 22.3 Å². The number of benzene rings is 2. The Bertz CT molecular complexity index is 1810. The molecule has 5 aliphatic rings. The van der Waals surface area contributed by atoms with Gasteiger partial charge in [-0.2, -0.15) is 22.0 Å². The van der Waals surface area contributed by atoms with E-state index in [2.05, 4.69) is 31.4 Å². The van der Waals surface area contributed by atoms with Crippen LogP contribution >= 0.6 is 0 Å². The molecule has 4 N–H and O–H groups in total. The molecule has 2 aromatic carbocycles. The number of fused-ring (bicyclic) bond motifs is 4. The second-order valence-electron chi connectivity index (χ2n) is 19.1. The first-order valence-corrected chi connectivity index (χ1v) is 19.6. The molecule has 1 heterocycles. The molecule has 1 aliphatic heterocycles. The van der Waals surface area contributed by atoms with Crippen LogP contribution < -0.4 is 10.6 Å². The lowest BCUT2D eigenvalue weighted by molar-refractivity contribution is -0.362. The van der Waals surface area contributed by atoms with Gasteiger partial charge in [0.15, 0.2) is 5.79 Å². The summed E-state index contributed by atoms with van der Waals surface area (Å²) in [4.78, 5) is 12.8. The highest BCUT2D eigenvalue weighted by Crippen LogP contribution is 2.71. The SMILES string of the molecule is CC1(C)COC2(CCC3=C4[C@@H](CC[C@@]3(O)C2)[C@@H]2CC[C@@](O)(C(F)(F)C(F)(F)F)[C@@]2(C)C[C@@H]4c2ccc(CNC(=O)Nc3ccc(C(C)(C)C)cc3)cc2)OC1. The van der Waals surface area contributed by atoms with E-state index in [1.807, 2.05) is 62.4 Å². The number of hydrogen-bond acceptors (Lipinski definition) is 5. The third-order valence-corrected chi connectivity index (χ3v) is 13.7. The van der Waals surface area contributed by atoms with E-state index in [1.54, 1.807) is 0 Å². The highest BCUT2D eigenvalue weighted by Gasteiger charge is 2.79. The molecule has 7 rings (SSSR count). The van der Waals surface area contributed by atoms with Crippen LogP contribution in [0.15, 0.2) is 59.7 Å². The Morgan fingerprint density at radius 3 is 2.11 bits per heavy atom. The van der Waals surface area contributed by atoms with Gasteiger partial charge in [0.2, 0.25) is 0 Å². The third kappa shape index (κ3) is 6.80. The average Bonchev–Trinajstić information content (AvgIpc) is 3.38. The normalized spacial score (nSPS) is 33.1. The predicted octanol–water partition coefficient (Wildman–Crippen LogP) is 9.53. The summed E-state index contributed by atoms with van der Waals surface area (Å²) in [6.45, 7) is 13.0. The molecule has 4 fully saturated rings. The number of urea groups is 1. The molecular weight excluding hydrogens is 719 g/mol. The summed E-state index contributed by atoms with van der Waals surface area (Å²) in [5.74, 6) is -7.96. The Hall–Kier alpha value is -3.06. The molecule has 1 spiro atoms. The van der Waals surface area contributed by atoms with Gasteiger partial charge < -0.3 is 30.3 Å². The van der Waals surface area contributed by atoms with Gasteiger partial charge in [0, 0.05) is 41.8 Å². The summed E-state index contributed by atoms with van der Waals surface area (Å²) in [6.07, 6.45) is -4.95. The molecule has 55 heavy (non-hydrogen) atoms. The molecule has 0 aromatic heterocycles. The molecular formula is C43H55F5N2O5. The number of carbonyl (C=O) groups is 1. The Kier molecular flexibility index (Phi) is 9.67. The van der Waals surface area contributed by atoms with Gasteiger partial charge in [0.05, 0.1) is 18.8 Å². The minimum absolute atomic E-state index is 0.0178. The summed E-state index contributed by atoms with van der Waals surface area (Å²) in [5, 5.41) is 29.8. The van der Waals surface area contributed by atoms with Gasteiger partial charge in [0.25, 0.3) is 0 Å². The second-order valence-corrected chi connectivity index (χ2v) is 19.1. The lowest BCUT2D eigenvalue weighted by Gasteiger charge is -2.59. The molecule has 0 unspecified atom stereocenters. The molecule has 302 valence electrons. The molecule has 1 saturated heterocycles. The van der Waals surface area contributed by atoms with E-state index >= 15 is 8.78 Å². The van der Waals surface area contributed by atoms with Crippen LogP contribution in [0.1, 0.15) is 116 Å². The number of rotatable bonds is 5. The molecule has 6 atom stereocenters. The number of anilines is 1. The Morgan fingerprint density at radius 1 is 0.873 bits per heavy atom. The number of alkyl halides is 5. The van der Waals surface area contributed by atoms with E-state index in [1.165, 1.54) is 6.92 Å². The smallest absolute Gasteiger partial charge is 0.385 e. The van der Waals surface area contributed by atoms with Crippen LogP contribution in [0.3, 0.4) is 0 Å². The van der Waals surface area contributed by atoms with E-state index in [9.17, 15) is 28.2 Å². The zero-order valence-corrected chi connectivity index (χ0v) is 32.6. The molecule has 7 nitrogen and oxygen atoms in total. The molecule has 2 aromatic rings. The number of nitrogens with one attached hydrogen (secondary N) is 2. The van der Waals surface area contributed by atoms with Gasteiger partial charge in [-0.25, -0.2) is 4.79 Å². The van der Waals surface area contributed by atoms with Crippen molar-refractivity contribution in [1.29, 1.82) is 0 Å². The van der Waals surface area contributed by atoms with Gasteiger partial charge in [-0.3, -0.25) is 0 Å². The van der Waals surface area contributed by atoms with E-state index < -0.39 is 64.7 Å². The molecule has 0 bridgehead atoms. The van der Waals surface area contributed by atoms with Crippen LogP contribution in [0.2, 0.25) is 0 Å². The van der Waals surface area contributed by atoms with Crippen molar-refractivity contribution in [2.24, 2.45) is 22.7 Å².